The highest BCUT2D eigenvalue weighted by atomic mass is 35.5. The second-order valence-electron chi connectivity index (χ2n) is 8.41. The number of rotatable bonds is 6. The lowest BCUT2D eigenvalue weighted by molar-refractivity contribution is 0.0471. The summed E-state index contributed by atoms with van der Waals surface area (Å²) in [6.07, 6.45) is 0. The predicted molar refractivity (Wildman–Crippen MR) is 132 cm³/mol. The molecule has 0 spiro atoms. The average Bonchev–Trinajstić information content (AvgIpc) is 2.81. The van der Waals surface area contributed by atoms with Crippen molar-refractivity contribution in [2.45, 2.75) is 33.3 Å². The molecule has 0 N–H and O–H groups in total. The van der Waals surface area contributed by atoms with Crippen LogP contribution in [0.4, 0.5) is 0 Å². The summed E-state index contributed by atoms with van der Waals surface area (Å²) in [7, 11) is 0. The zero-order valence-electron chi connectivity index (χ0n) is 19.1. The standard InChI is InChI=1S/C28H23ClO5/c1-16(2)23-14-24-19(13-26(30)34-25(24)12-17(23)3)15-33-28(32)22-7-5-4-6-21(22)27(31)18-8-10-20(29)11-9-18/h4-14,16H,15H2,1-3H3. The van der Waals surface area contributed by atoms with Crippen LogP contribution in [0.3, 0.4) is 0 Å². The van der Waals surface area contributed by atoms with Gasteiger partial charge in [-0.3, -0.25) is 4.79 Å². The summed E-state index contributed by atoms with van der Waals surface area (Å²) in [4.78, 5) is 38.1. The fraction of sp³-hybridized carbons (Fsp3) is 0.179. The molecule has 1 aromatic heterocycles. The van der Waals surface area contributed by atoms with Crippen LogP contribution in [0.15, 0.2) is 75.9 Å². The fourth-order valence-electron chi connectivity index (χ4n) is 3.97. The number of esters is 1. The molecule has 0 fully saturated rings. The van der Waals surface area contributed by atoms with E-state index in [2.05, 4.69) is 13.8 Å². The van der Waals surface area contributed by atoms with Gasteiger partial charge in [-0.1, -0.05) is 43.6 Å². The number of carbonyl (C=O) groups excluding carboxylic acids is 2. The van der Waals surface area contributed by atoms with Crippen molar-refractivity contribution >= 4 is 34.3 Å². The summed E-state index contributed by atoms with van der Waals surface area (Å²) in [5.74, 6) is -0.694. The highest BCUT2D eigenvalue weighted by Crippen LogP contribution is 2.27. The molecular weight excluding hydrogens is 452 g/mol. The van der Waals surface area contributed by atoms with E-state index in [1.165, 1.54) is 6.07 Å². The molecule has 0 atom stereocenters. The molecule has 0 saturated heterocycles. The summed E-state index contributed by atoms with van der Waals surface area (Å²) in [6.45, 7) is 6.00. The van der Waals surface area contributed by atoms with Gasteiger partial charge in [0.1, 0.15) is 12.2 Å². The van der Waals surface area contributed by atoms with E-state index in [0.717, 1.165) is 11.1 Å². The lowest BCUT2D eigenvalue weighted by Crippen LogP contribution is -2.13. The number of fused-ring (bicyclic) bond motifs is 1. The Morgan fingerprint density at radius 2 is 1.65 bits per heavy atom. The molecule has 0 aliphatic heterocycles. The minimum absolute atomic E-state index is 0.134. The quantitative estimate of drug-likeness (QED) is 0.182. The maximum atomic E-state index is 13.0. The lowest BCUT2D eigenvalue weighted by Gasteiger charge is -2.13. The third kappa shape index (κ3) is 4.80. The number of ether oxygens (including phenoxy) is 1. The fourth-order valence-corrected chi connectivity index (χ4v) is 4.10. The molecular formula is C28H23ClO5. The Balaban J connectivity index is 1.64. The van der Waals surface area contributed by atoms with E-state index in [-0.39, 0.29) is 29.4 Å². The first-order valence-electron chi connectivity index (χ1n) is 10.9. The van der Waals surface area contributed by atoms with Gasteiger partial charge in [-0.25, -0.2) is 9.59 Å². The maximum Gasteiger partial charge on any atom is 0.339 e. The molecule has 0 amide bonds. The van der Waals surface area contributed by atoms with E-state index < -0.39 is 11.6 Å². The summed E-state index contributed by atoms with van der Waals surface area (Å²) >= 11 is 5.92. The maximum absolute atomic E-state index is 13.0. The molecule has 0 radical (unpaired) electrons. The molecule has 5 nitrogen and oxygen atoms in total. The highest BCUT2D eigenvalue weighted by molar-refractivity contribution is 6.30. The van der Waals surface area contributed by atoms with Gasteiger partial charge in [0.05, 0.1) is 5.56 Å². The summed E-state index contributed by atoms with van der Waals surface area (Å²) < 4.78 is 10.9. The first-order valence-corrected chi connectivity index (χ1v) is 11.3. The van der Waals surface area contributed by atoms with Crippen molar-refractivity contribution < 1.29 is 18.7 Å². The number of hydrogen-bond acceptors (Lipinski definition) is 5. The van der Waals surface area contributed by atoms with E-state index in [9.17, 15) is 14.4 Å². The molecule has 4 aromatic rings. The largest absolute Gasteiger partial charge is 0.457 e. The molecule has 1 heterocycles. The lowest BCUT2D eigenvalue weighted by atomic mass is 9.95. The van der Waals surface area contributed by atoms with E-state index >= 15 is 0 Å². The monoisotopic (exact) mass is 474 g/mol. The van der Waals surface area contributed by atoms with Crippen molar-refractivity contribution in [1.82, 2.24) is 0 Å². The molecule has 34 heavy (non-hydrogen) atoms. The van der Waals surface area contributed by atoms with Crippen LogP contribution in [-0.4, -0.2) is 11.8 Å². The van der Waals surface area contributed by atoms with Crippen molar-refractivity contribution in [3.05, 3.63) is 116 Å². The van der Waals surface area contributed by atoms with Gasteiger partial charge in [-0.2, -0.15) is 0 Å². The van der Waals surface area contributed by atoms with Crippen molar-refractivity contribution in [3.63, 3.8) is 0 Å². The Labute approximate surface area is 201 Å². The number of ketones is 1. The average molecular weight is 475 g/mol. The molecule has 6 heteroatoms. The van der Waals surface area contributed by atoms with Gasteiger partial charge in [0.15, 0.2) is 5.78 Å². The molecule has 0 aliphatic rings. The van der Waals surface area contributed by atoms with Crippen LogP contribution in [0.1, 0.15) is 62.7 Å². The van der Waals surface area contributed by atoms with E-state index in [0.29, 0.717) is 27.1 Å². The third-order valence-electron chi connectivity index (χ3n) is 5.70. The molecule has 0 saturated carbocycles. The molecule has 0 aliphatic carbocycles. The minimum atomic E-state index is -0.657. The van der Waals surface area contributed by atoms with Gasteiger partial charge in [0.25, 0.3) is 0 Å². The Kier molecular flexibility index (Phi) is 6.66. The molecule has 3 aromatic carbocycles. The van der Waals surface area contributed by atoms with E-state index in [4.69, 9.17) is 20.8 Å². The zero-order valence-corrected chi connectivity index (χ0v) is 19.8. The number of hydrogen-bond donors (Lipinski definition) is 0. The second-order valence-corrected chi connectivity index (χ2v) is 8.84. The van der Waals surface area contributed by atoms with Crippen LogP contribution in [0, 0.1) is 6.92 Å². The van der Waals surface area contributed by atoms with Crippen molar-refractivity contribution in [1.29, 1.82) is 0 Å². The Morgan fingerprint density at radius 1 is 0.971 bits per heavy atom. The van der Waals surface area contributed by atoms with Gasteiger partial charge in [0.2, 0.25) is 0 Å². The smallest absolute Gasteiger partial charge is 0.339 e. The van der Waals surface area contributed by atoms with Crippen LogP contribution in [-0.2, 0) is 11.3 Å². The predicted octanol–water partition coefficient (Wildman–Crippen LogP) is 6.47. The number of benzene rings is 3. The molecule has 0 bridgehead atoms. The van der Waals surface area contributed by atoms with Crippen LogP contribution >= 0.6 is 11.6 Å². The molecule has 172 valence electrons. The van der Waals surface area contributed by atoms with E-state index in [1.54, 1.807) is 48.5 Å². The van der Waals surface area contributed by atoms with Crippen LogP contribution in [0.2, 0.25) is 5.02 Å². The molecule has 4 rings (SSSR count). The summed E-state index contributed by atoms with van der Waals surface area (Å²) in [5.41, 5.74) is 3.39. The van der Waals surface area contributed by atoms with Gasteiger partial charge in [-0.05, 0) is 66.4 Å². The van der Waals surface area contributed by atoms with Gasteiger partial charge >= 0.3 is 11.6 Å². The van der Waals surface area contributed by atoms with Crippen molar-refractivity contribution in [3.8, 4) is 0 Å². The number of aryl methyl sites for hydroxylation is 1. The normalized spacial score (nSPS) is 11.1. The van der Waals surface area contributed by atoms with Crippen LogP contribution in [0.25, 0.3) is 11.0 Å². The highest BCUT2D eigenvalue weighted by Gasteiger charge is 2.20. The van der Waals surface area contributed by atoms with Gasteiger partial charge in [0, 0.05) is 33.2 Å². The van der Waals surface area contributed by atoms with Crippen molar-refractivity contribution in [2.24, 2.45) is 0 Å². The Morgan fingerprint density at radius 3 is 2.32 bits per heavy atom. The summed E-state index contributed by atoms with van der Waals surface area (Å²) in [6, 6.07) is 18.1. The summed E-state index contributed by atoms with van der Waals surface area (Å²) in [5, 5.41) is 1.23. The number of carbonyl (C=O) groups is 2. The SMILES string of the molecule is Cc1cc2oc(=O)cc(COC(=O)c3ccccc3C(=O)c3ccc(Cl)cc3)c2cc1C(C)C. The zero-order chi connectivity index (χ0) is 24.4. The minimum Gasteiger partial charge on any atom is -0.457 e. The van der Waals surface area contributed by atoms with Gasteiger partial charge < -0.3 is 9.15 Å². The van der Waals surface area contributed by atoms with Crippen LogP contribution < -0.4 is 5.63 Å². The number of halogens is 1. The molecule has 0 unspecified atom stereocenters. The Hall–Kier alpha value is -3.70. The second kappa shape index (κ2) is 9.65. The Bertz CT molecular complexity index is 1450. The van der Waals surface area contributed by atoms with Crippen LogP contribution in [0.5, 0.6) is 0 Å². The van der Waals surface area contributed by atoms with Gasteiger partial charge in [-0.15, -0.1) is 0 Å². The van der Waals surface area contributed by atoms with Crippen molar-refractivity contribution in [2.75, 3.05) is 0 Å². The first-order chi connectivity index (χ1) is 16.2. The first kappa shape index (κ1) is 23.5. The third-order valence-corrected chi connectivity index (χ3v) is 5.95. The van der Waals surface area contributed by atoms with E-state index in [1.807, 2.05) is 19.1 Å². The topological polar surface area (TPSA) is 73.6 Å².